The summed E-state index contributed by atoms with van der Waals surface area (Å²) < 4.78 is 0. The highest BCUT2D eigenvalue weighted by Gasteiger charge is 2.09. The van der Waals surface area contributed by atoms with Crippen LogP contribution >= 0.6 is 0 Å². The number of benzene rings is 4. The van der Waals surface area contributed by atoms with Gasteiger partial charge in [0.1, 0.15) is 0 Å². The van der Waals surface area contributed by atoms with Gasteiger partial charge < -0.3 is 10.6 Å². The summed E-state index contributed by atoms with van der Waals surface area (Å²) in [5.41, 5.74) is 6.59. The highest BCUT2D eigenvalue weighted by molar-refractivity contribution is 6.05. The van der Waals surface area contributed by atoms with E-state index >= 15 is 0 Å². The van der Waals surface area contributed by atoms with E-state index in [1.807, 2.05) is 62.4 Å². The molecule has 0 radical (unpaired) electrons. The third kappa shape index (κ3) is 7.12. The number of carbonyl (C=O) groups excluding carboxylic acids is 2. The maximum Gasteiger partial charge on any atom is 0.255 e. The highest BCUT2D eigenvalue weighted by atomic mass is 16.2. The van der Waals surface area contributed by atoms with Crippen LogP contribution in [0.15, 0.2) is 97.1 Å². The molecule has 42 heavy (non-hydrogen) atoms. The number of nitrogens with one attached hydrogen (secondary N) is 4. The first-order valence-corrected chi connectivity index (χ1v) is 12.9. The number of tetrazole rings is 2. The molecule has 208 valence electrons. The number of H-pyrrole nitrogens is 2. The predicted molar refractivity (Wildman–Crippen MR) is 157 cm³/mol. The van der Waals surface area contributed by atoms with Crippen LogP contribution in [-0.2, 0) is 0 Å². The van der Waals surface area contributed by atoms with Gasteiger partial charge in [-0.15, -0.1) is 20.4 Å². The van der Waals surface area contributed by atoms with Crippen LogP contribution in [0.3, 0.4) is 0 Å². The number of hydrogen-bond donors (Lipinski definition) is 4. The van der Waals surface area contributed by atoms with Gasteiger partial charge in [-0.05, 0) is 72.8 Å². The molecule has 0 spiro atoms. The lowest BCUT2D eigenvalue weighted by molar-refractivity contribution is 0.101. The Morgan fingerprint density at radius 1 is 0.524 bits per heavy atom. The molecule has 4 N–H and O–H groups in total. The first-order chi connectivity index (χ1) is 20.4. The van der Waals surface area contributed by atoms with Crippen molar-refractivity contribution in [3.63, 3.8) is 0 Å². The lowest BCUT2D eigenvalue weighted by Crippen LogP contribution is -2.11. The Morgan fingerprint density at radius 2 is 0.881 bits per heavy atom. The Morgan fingerprint density at radius 3 is 1.19 bits per heavy atom. The van der Waals surface area contributed by atoms with Gasteiger partial charge in [0, 0.05) is 33.6 Å². The Kier molecular flexibility index (Phi) is 8.44. The highest BCUT2D eigenvalue weighted by Crippen LogP contribution is 2.17. The van der Waals surface area contributed by atoms with E-state index in [9.17, 15) is 9.59 Å². The lowest BCUT2D eigenvalue weighted by Gasteiger charge is -2.06. The molecule has 12 heteroatoms. The fourth-order valence-corrected chi connectivity index (χ4v) is 3.79. The van der Waals surface area contributed by atoms with E-state index < -0.39 is 0 Å². The van der Waals surface area contributed by atoms with E-state index in [-0.39, 0.29) is 11.8 Å². The Hall–Kier alpha value is -6.04. The normalized spacial score (nSPS) is 10.3. The van der Waals surface area contributed by atoms with Crippen LogP contribution in [0.1, 0.15) is 31.8 Å². The van der Waals surface area contributed by atoms with Gasteiger partial charge in [0.2, 0.25) is 11.6 Å². The van der Waals surface area contributed by atoms with Crippen LogP contribution < -0.4 is 10.6 Å². The van der Waals surface area contributed by atoms with Gasteiger partial charge in [-0.3, -0.25) is 9.59 Å². The molecule has 0 bridgehead atoms. The minimum Gasteiger partial charge on any atom is -0.322 e. The van der Waals surface area contributed by atoms with Crippen molar-refractivity contribution in [3.05, 3.63) is 119 Å². The van der Waals surface area contributed by atoms with Crippen molar-refractivity contribution in [1.82, 2.24) is 41.2 Å². The monoisotopic (exact) mass is 558 g/mol. The third-order valence-corrected chi connectivity index (χ3v) is 6.12. The third-order valence-electron chi connectivity index (χ3n) is 6.12. The lowest BCUT2D eigenvalue weighted by atomic mass is 10.1. The largest absolute Gasteiger partial charge is 0.322 e. The summed E-state index contributed by atoms with van der Waals surface area (Å²) in [7, 11) is 0. The van der Waals surface area contributed by atoms with Crippen molar-refractivity contribution in [2.24, 2.45) is 0 Å². The van der Waals surface area contributed by atoms with Crippen LogP contribution in [0, 0.1) is 13.8 Å². The van der Waals surface area contributed by atoms with Crippen LogP contribution in [-0.4, -0.2) is 53.1 Å². The molecule has 2 amide bonds. The van der Waals surface area contributed by atoms with Gasteiger partial charge in [-0.25, -0.2) is 0 Å². The second-order valence-corrected chi connectivity index (χ2v) is 9.27. The van der Waals surface area contributed by atoms with E-state index in [1.165, 1.54) is 0 Å². The maximum atomic E-state index is 12.1. The zero-order chi connectivity index (χ0) is 29.3. The molecule has 0 saturated carbocycles. The van der Waals surface area contributed by atoms with Crippen molar-refractivity contribution in [1.29, 1.82) is 0 Å². The van der Waals surface area contributed by atoms with Crippen molar-refractivity contribution in [3.8, 4) is 22.8 Å². The molecule has 0 unspecified atom stereocenters. The zero-order valence-corrected chi connectivity index (χ0v) is 22.7. The van der Waals surface area contributed by atoms with E-state index in [2.05, 4.69) is 51.9 Å². The molecule has 0 aliphatic rings. The number of hydrogen-bond acceptors (Lipinski definition) is 8. The van der Waals surface area contributed by atoms with Gasteiger partial charge in [0.05, 0.1) is 0 Å². The van der Waals surface area contributed by atoms with Gasteiger partial charge in [0.25, 0.3) is 11.8 Å². The molecular formula is C30H26N10O2. The van der Waals surface area contributed by atoms with Crippen molar-refractivity contribution >= 4 is 23.2 Å². The number of nitrogens with zero attached hydrogens (tertiary/aromatic N) is 6. The SMILES string of the molecule is Cc1ccc(NC(=O)c2ccc(-c3nn[nH]n3)cc2)cc1.Cc1ccc(NC(=O)c2ccc(-c3nn[nH]n3)cc2)cc1. The molecule has 12 nitrogen and oxygen atoms in total. The topological polar surface area (TPSA) is 167 Å². The quantitative estimate of drug-likeness (QED) is 0.225. The molecule has 6 aromatic rings. The smallest absolute Gasteiger partial charge is 0.255 e. The number of aromatic amines is 2. The van der Waals surface area contributed by atoms with Gasteiger partial charge in [0.15, 0.2) is 0 Å². The number of rotatable bonds is 6. The Bertz CT molecular complexity index is 1600. The minimum atomic E-state index is -0.154. The van der Waals surface area contributed by atoms with Gasteiger partial charge >= 0.3 is 0 Å². The molecule has 4 aromatic carbocycles. The van der Waals surface area contributed by atoms with E-state index in [1.54, 1.807) is 48.5 Å². The summed E-state index contributed by atoms with van der Waals surface area (Å²) in [6.45, 7) is 4.00. The zero-order valence-electron chi connectivity index (χ0n) is 22.7. The maximum absolute atomic E-state index is 12.1. The average molecular weight is 559 g/mol. The van der Waals surface area contributed by atoms with Crippen LogP contribution in [0.4, 0.5) is 11.4 Å². The van der Waals surface area contributed by atoms with Crippen molar-refractivity contribution in [2.45, 2.75) is 13.8 Å². The molecule has 0 aliphatic carbocycles. The first kappa shape index (κ1) is 27.5. The Balaban J connectivity index is 0.000000168. The second-order valence-electron chi connectivity index (χ2n) is 9.27. The average Bonchev–Trinajstić information content (AvgIpc) is 3.76. The number of anilines is 2. The molecule has 0 fully saturated rings. The molecule has 2 heterocycles. The van der Waals surface area contributed by atoms with E-state index in [4.69, 9.17) is 0 Å². The van der Waals surface area contributed by atoms with Crippen LogP contribution in [0.5, 0.6) is 0 Å². The minimum absolute atomic E-state index is 0.154. The van der Waals surface area contributed by atoms with E-state index in [0.29, 0.717) is 22.8 Å². The number of amides is 2. The number of aromatic nitrogens is 8. The molecule has 2 aromatic heterocycles. The Labute approximate surface area is 240 Å². The number of carbonyl (C=O) groups is 2. The summed E-state index contributed by atoms with van der Waals surface area (Å²) in [6.07, 6.45) is 0. The molecular weight excluding hydrogens is 532 g/mol. The molecule has 6 rings (SSSR count). The van der Waals surface area contributed by atoms with Crippen molar-refractivity contribution < 1.29 is 9.59 Å². The number of aryl methyl sites for hydroxylation is 2. The molecule has 0 aliphatic heterocycles. The van der Waals surface area contributed by atoms with Crippen LogP contribution in [0.2, 0.25) is 0 Å². The molecule has 0 atom stereocenters. The fourth-order valence-electron chi connectivity index (χ4n) is 3.79. The van der Waals surface area contributed by atoms with Crippen LogP contribution in [0.25, 0.3) is 22.8 Å². The standard InChI is InChI=1S/2C15H13N5O/c2*1-10-2-8-13(9-3-10)16-15(21)12-6-4-11(5-7-12)14-17-19-20-18-14/h2*2-9H,1H3,(H,16,21)(H,17,18,19,20). The predicted octanol–water partition coefficient (Wildman–Crippen LogP) is 4.85. The van der Waals surface area contributed by atoms with Gasteiger partial charge in [-0.2, -0.15) is 10.4 Å². The first-order valence-electron chi connectivity index (χ1n) is 12.9. The van der Waals surface area contributed by atoms with Crippen molar-refractivity contribution in [2.75, 3.05) is 10.6 Å². The summed E-state index contributed by atoms with van der Waals surface area (Å²) in [6, 6.07) is 29.4. The fraction of sp³-hybridized carbons (Fsp3) is 0.0667. The summed E-state index contributed by atoms with van der Waals surface area (Å²) in [4.78, 5) is 24.3. The summed E-state index contributed by atoms with van der Waals surface area (Å²) in [5, 5.41) is 33.1. The van der Waals surface area contributed by atoms with Gasteiger partial charge in [-0.1, -0.05) is 59.7 Å². The second kappa shape index (κ2) is 12.9. The molecule has 0 saturated heterocycles. The summed E-state index contributed by atoms with van der Waals surface area (Å²) >= 11 is 0. The summed E-state index contributed by atoms with van der Waals surface area (Å²) in [5.74, 6) is 0.693. The van der Waals surface area contributed by atoms with E-state index in [0.717, 1.165) is 33.6 Å².